The van der Waals surface area contributed by atoms with Crippen LogP contribution in [0.15, 0.2) is 24.3 Å². The topological polar surface area (TPSA) is 58.2 Å². The van der Waals surface area contributed by atoms with Gasteiger partial charge in [0, 0.05) is 47.9 Å². The van der Waals surface area contributed by atoms with Gasteiger partial charge in [-0.15, -0.1) is 0 Å². The quantitative estimate of drug-likeness (QED) is 0.673. The highest BCUT2D eigenvalue weighted by Gasteiger charge is 2.36. The van der Waals surface area contributed by atoms with Crippen molar-refractivity contribution in [2.75, 3.05) is 13.1 Å². The predicted octanol–water partition coefficient (Wildman–Crippen LogP) is 4.25. The number of hydrogen-bond acceptors (Lipinski definition) is 2. The first kappa shape index (κ1) is 23.8. The molecule has 0 aromatic heterocycles. The lowest BCUT2D eigenvalue weighted by molar-refractivity contribution is -0.122. The summed E-state index contributed by atoms with van der Waals surface area (Å²) in [6.45, 7) is 7.25. The molecule has 2 heterocycles. The lowest BCUT2D eigenvalue weighted by Crippen LogP contribution is -2.17. The summed E-state index contributed by atoms with van der Waals surface area (Å²) < 4.78 is 54.7. The molecule has 0 radical (unpaired) electrons. The zero-order valence-electron chi connectivity index (χ0n) is 18.4. The summed E-state index contributed by atoms with van der Waals surface area (Å²) in [7, 11) is 0. The third-order valence-corrected chi connectivity index (χ3v) is 6.22. The fourth-order valence-corrected chi connectivity index (χ4v) is 4.30. The normalized spacial score (nSPS) is 24.6. The monoisotopic (exact) mass is 450 g/mol. The van der Waals surface area contributed by atoms with Gasteiger partial charge in [0.05, 0.1) is 0 Å². The van der Waals surface area contributed by atoms with Crippen molar-refractivity contribution in [3.05, 3.63) is 69.8 Å². The Morgan fingerprint density at radius 2 is 0.938 bits per heavy atom. The minimum absolute atomic E-state index is 0.0245. The van der Waals surface area contributed by atoms with Crippen LogP contribution < -0.4 is 10.6 Å². The summed E-state index contributed by atoms with van der Waals surface area (Å²) in [4.78, 5) is 22.6. The van der Waals surface area contributed by atoms with Crippen LogP contribution in [0.1, 0.15) is 47.9 Å². The van der Waals surface area contributed by atoms with Crippen LogP contribution in [0.4, 0.5) is 17.6 Å². The molecular formula is C24H26F4N2O2. The summed E-state index contributed by atoms with van der Waals surface area (Å²) in [5.74, 6) is -4.14. The zero-order chi connectivity index (χ0) is 23.7. The van der Waals surface area contributed by atoms with E-state index in [1.54, 1.807) is 27.7 Å². The van der Waals surface area contributed by atoms with E-state index in [1.165, 1.54) is 24.3 Å². The van der Waals surface area contributed by atoms with Crippen molar-refractivity contribution in [1.29, 1.82) is 0 Å². The van der Waals surface area contributed by atoms with Gasteiger partial charge in [0.2, 0.25) is 11.8 Å². The second kappa shape index (κ2) is 9.30. The van der Waals surface area contributed by atoms with E-state index in [9.17, 15) is 27.2 Å². The minimum Gasteiger partial charge on any atom is -0.355 e. The van der Waals surface area contributed by atoms with Crippen LogP contribution >= 0.6 is 0 Å². The van der Waals surface area contributed by atoms with E-state index >= 15 is 0 Å². The lowest BCUT2D eigenvalue weighted by atomic mass is 9.88. The van der Waals surface area contributed by atoms with Crippen molar-refractivity contribution in [2.24, 2.45) is 11.8 Å². The van der Waals surface area contributed by atoms with Crippen LogP contribution in [0.3, 0.4) is 0 Å². The van der Waals surface area contributed by atoms with Gasteiger partial charge in [0.25, 0.3) is 0 Å². The summed E-state index contributed by atoms with van der Waals surface area (Å²) in [6, 6.07) is 5.20. The van der Waals surface area contributed by atoms with Gasteiger partial charge >= 0.3 is 0 Å². The van der Waals surface area contributed by atoms with Crippen LogP contribution in [0.2, 0.25) is 0 Å². The van der Waals surface area contributed by atoms with Gasteiger partial charge in [-0.25, -0.2) is 17.6 Å². The molecule has 4 rings (SSSR count). The number of carbonyl (C=O) groups is 2. The summed E-state index contributed by atoms with van der Waals surface area (Å²) in [5, 5.41) is 5.23. The Balaban J connectivity index is 0.000000181. The smallest absolute Gasteiger partial charge is 0.223 e. The van der Waals surface area contributed by atoms with E-state index in [0.29, 0.717) is 24.2 Å². The standard InChI is InChI=1S/2C12H13F2NO/c2*1-6-3-9(13)11(10(14)4-6)8-5-15-12(16)7(8)2/h2*3-4,7-8H,5H2,1-2H3,(H,15,16)/t2*7-,8?/m11/s1. The van der Waals surface area contributed by atoms with Crippen LogP contribution in [0.5, 0.6) is 0 Å². The van der Waals surface area contributed by atoms with E-state index in [2.05, 4.69) is 10.6 Å². The highest BCUT2D eigenvalue weighted by Crippen LogP contribution is 2.33. The molecule has 4 nitrogen and oxygen atoms in total. The Kier molecular flexibility index (Phi) is 6.91. The summed E-state index contributed by atoms with van der Waals surface area (Å²) in [6.07, 6.45) is 0. The van der Waals surface area contributed by atoms with Gasteiger partial charge in [-0.1, -0.05) is 13.8 Å². The maximum atomic E-state index is 13.7. The second-order valence-electron chi connectivity index (χ2n) is 8.57. The number of halogens is 4. The molecule has 2 aliphatic heterocycles. The molecule has 2 fully saturated rings. The molecule has 32 heavy (non-hydrogen) atoms. The van der Waals surface area contributed by atoms with Gasteiger partial charge in [0.15, 0.2) is 0 Å². The van der Waals surface area contributed by atoms with E-state index in [1.807, 2.05) is 0 Å². The Morgan fingerprint density at radius 1 is 0.656 bits per heavy atom. The van der Waals surface area contributed by atoms with E-state index < -0.39 is 35.1 Å². The van der Waals surface area contributed by atoms with Crippen LogP contribution in [0.25, 0.3) is 0 Å². The number of rotatable bonds is 2. The molecular weight excluding hydrogens is 424 g/mol. The first-order valence-electron chi connectivity index (χ1n) is 10.5. The highest BCUT2D eigenvalue weighted by atomic mass is 19.1. The number of benzene rings is 2. The predicted molar refractivity (Wildman–Crippen MR) is 112 cm³/mol. The minimum atomic E-state index is -0.564. The van der Waals surface area contributed by atoms with E-state index in [-0.39, 0.29) is 34.8 Å². The molecule has 8 heteroatoms. The molecule has 172 valence electrons. The van der Waals surface area contributed by atoms with Crippen molar-refractivity contribution in [3.63, 3.8) is 0 Å². The average Bonchev–Trinajstić information content (AvgIpc) is 3.18. The molecule has 0 spiro atoms. The largest absolute Gasteiger partial charge is 0.355 e. The average molecular weight is 450 g/mol. The highest BCUT2D eigenvalue weighted by molar-refractivity contribution is 5.82. The van der Waals surface area contributed by atoms with Crippen LogP contribution in [-0.4, -0.2) is 24.9 Å². The van der Waals surface area contributed by atoms with Gasteiger partial charge in [-0.05, 0) is 49.2 Å². The van der Waals surface area contributed by atoms with Crippen LogP contribution in [0, 0.1) is 49.0 Å². The molecule has 2 aliphatic rings. The van der Waals surface area contributed by atoms with Crippen molar-refractivity contribution >= 4 is 11.8 Å². The molecule has 0 saturated carbocycles. The van der Waals surface area contributed by atoms with Crippen molar-refractivity contribution in [2.45, 2.75) is 39.5 Å². The molecule has 2 aromatic carbocycles. The first-order valence-corrected chi connectivity index (χ1v) is 10.5. The van der Waals surface area contributed by atoms with Crippen LogP contribution in [-0.2, 0) is 9.59 Å². The second-order valence-corrected chi connectivity index (χ2v) is 8.57. The molecule has 2 aromatic rings. The summed E-state index contributed by atoms with van der Waals surface area (Å²) in [5.41, 5.74) is 1.14. The van der Waals surface area contributed by atoms with Gasteiger partial charge in [-0.3, -0.25) is 9.59 Å². The molecule has 0 bridgehead atoms. The van der Waals surface area contributed by atoms with Crippen molar-refractivity contribution in [3.8, 4) is 0 Å². The number of nitrogens with one attached hydrogen (secondary N) is 2. The molecule has 2 unspecified atom stereocenters. The SMILES string of the molecule is Cc1cc(F)c(C2CNC(=O)[C@@H]2C)c(F)c1.Cc1cc(F)c(C2CNC(=O)[C@@H]2C)c(F)c1. The van der Waals surface area contributed by atoms with Crippen molar-refractivity contribution < 1.29 is 27.2 Å². The fourth-order valence-electron chi connectivity index (χ4n) is 4.30. The Morgan fingerprint density at radius 3 is 1.16 bits per heavy atom. The van der Waals surface area contributed by atoms with E-state index in [4.69, 9.17) is 0 Å². The number of carbonyl (C=O) groups excluding carboxylic acids is 2. The summed E-state index contributed by atoms with van der Waals surface area (Å²) >= 11 is 0. The Hall–Kier alpha value is -2.90. The van der Waals surface area contributed by atoms with Gasteiger partial charge < -0.3 is 10.6 Å². The van der Waals surface area contributed by atoms with Gasteiger partial charge in [-0.2, -0.15) is 0 Å². The fraction of sp³-hybridized carbons (Fsp3) is 0.417. The molecule has 0 aliphatic carbocycles. The molecule has 2 amide bonds. The van der Waals surface area contributed by atoms with Crippen molar-refractivity contribution in [1.82, 2.24) is 10.6 Å². The lowest BCUT2D eigenvalue weighted by Gasteiger charge is -2.15. The third kappa shape index (κ3) is 4.64. The molecule has 4 atom stereocenters. The number of aryl methyl sites for hydroxylation is 2. The number of hydrogen-bond donors (Lipinski definition) is 2. The van der Waals surface area contributed by atoms with E-state index in [0.717, 1.165) is 0 Å². The Labute approximate surface area is 184 Å². The number of amides is 2. The maximum Gasteiger partial charge on any atom is 0.223 e. The third-order valence-electron chi connectivity index (χ3n) is 6.22. The van der Waals surface area contributed by atoms with Gasteiger partial charge in [0.1, 0.15) is 23.3 Å². The zero-order valence-corrected chi connectivity index (χ0v) is 18.4. The first-order chi connectivity index (χ1) is 15.0. The molecule has 2 N–H and O–H groups in total. The maximum absolute atomic E-state index is 13.7. The Bertz CT molecular complexity index is 927. The molecule has 2 saturated heterocycles.